The van der Waals surface area contributed by atoms with Crippen molar-refractivity contribution in [2.75, 3.05) is 6.61 Å². The van der Waals surface area contributed by atoms with E-state index in [2.05, 4.69) is 20.1 Å². The molecule has 1 spiro atoms. The van der Waals surface area contributed by atoms with Crippen LogP contribution < -0.4 is 5.32 Å². The van der Waals surface area contributed by atoms with E-state index in [4.69, 9.17) is 4.74 Å². The summed E-state index contributed by atoms with van der Waals surface area (Å²) < 4.78 is 8.15. The summed E-state index contributed by atoms with van der Waals surface area (Å²) in [5.74, 6) is 1.09. The van der Waals surface area contributed by atoms with Crippen molar-refractivity contribution in [1.82, 2.24) is 20.1 Å². The van der Waals surface area contributed by atoms with Crippen LogP contribution in [-0.2, 0) is 11.3 Å². The van der Waals surface area contributed by atoms with Crippen molar-refractivity contribution in [3.63, 3.8) is 0 Å². The number of rotatable bonds is 4. The lowest BCUT2D eigenvalue weighted by molar-refractivity contribution is -0.141. The Morgan fingerprint density at radius 2 is 2.26 bits per heavy atom. The van der Waals surface area contributed by atoms with E-state index in [0.717, 1.165) is 37.9 Å². The summed E-state index contributed by atoms with van der Waals surface area (Å²) in [6.45, 7) is 1.73. The van der Waals surface area contributed by atoms with E-state index in [1.807, 2.05) is 0 Å². The van der Waals surface area contributed by atoms with Crippen molar-refractivity contribution in [2.24, 2.45) is 0 Å². The summed E-state index contributed by atoms with van der Waals surface area (Å²) in [6, 6.07) is 1.20. The van der Waals surface area contributed by atoms with Crippen LogP contribution in [0.4, 0.5) is 0 Å². The Hall–Kier alpha value is -0.940. The second-order valence-corrected chi connectivity index (χ2v) is 6.31. The summed E-state index contributed by atoms with van der Waals surface area (Å²) in [5, 5.41) is 8.00. The van der Waals surface area contributed by atoms with E-state index in [1.165, 1.54) is 32.1 Å². The average molecular weight is 262 g/mol. The van der Waals surface area contributed by atoms with Crippen molar-refractivity contribution in [3.05, 3.63) is 12.2 Å². The largest absolute Gasteiger partial charge is 0.375 e. The van der Waals surface area contributed by atoms with Gasteiger partial charge in [0.1, 0.15) is 12.2 Å². The molecule has 0 amide bonds. The molecule has 1 unspecified atom stereocenters. The van der Waals surface area contributed by atoms with Gasteiger partial charge < -0.3 is 10.1 Å². The minimum absolute atomic E-state index is 0.177. The topological polar surface area (TPSA) is 52.0 Å². The van der Waals surface area contributed by atoms with Gasteiger partial charge in [0, 0.05) is 12.6 Å². The van der Waals surface area contributed by atoms with Crippen molar-refractivity contribution < 1.29 is 4.74 Å². The molecule has 4 rings (SSSR count). The highest BCUT2D eigenvalue weighted by atomic mass is 16.5. The lowest BCUT2D eigenvalue weighted by Crippen LogP contribution is -2.46. The molecule has 1 atom stereocenters. The van der Waals surface area contributed by atoms with E-state index in [-0.39, 0.29) is 5.60 Å². The molecule has 104 valence electrons. The van der Waals surface area contributed by atoms with Crippen molar-refractivity contribution in [2.45, 2.75) is 69.2 Å². The molecular weight excluding hydrogens is 240 g/mol. The van der Waals surface area contributed by atoms with Gasteiger partial charge in [-0.2, -0.15) is 5.10 Å². The number of hydrogen-bond acceptors (Lipinski definition) is 4. The van der Waals surface area contributed by atoms with Crippen LogP contribution in [0.3, 0.4) is 0 Å². The quantitative estimate of drug-likeness (QED) is 0.899. The van der Waals surface area contributed by atoms with Crippen LogP contribution in [0, 0.1) is 0 Å². The molecule has 2 saturated carbocycles. The summed E-state index contributed by atoms with van der Waals surface area (Å²) >= 11 is 0. The molecule has 0 aromatic carbocycles. The first-order valence-electron chi connectivity index (χ1n) is 7.60. The highest BCUT2D eigenvalue weighted by molar-refractivity contribution is 4.98. The van der Waals surface area contributed by atoms with Crippen LogP contribution in [0.25, 0.3) is 0 Å². The van der Waals surface area contributed by atoms with Gasteiger partial charge in [-0.1, -0.05) is 0 Å². The standard InChI is InChI=1S/C14H22N4O/c1-5-14(6-1)8-12(4-7-19-14)18-13(16-10-17-18)9-15-11-2-3-11/h10-12,15H,1-9H2. The maximum atomic E-state index is 6.00. The summed E-state index contributed by atoms with van der Waals surface area (Å²) in [7, 11) is 0. The van der Waals surface area contributed by atoms with Crippen LogP contribution in [0.15, 0.2) is 6.33 Å². The third-order valence-corrected chi connectivity index (χ3v) is 4.85. The Labute approximate surface area is 113 Å². The maximum Gasteiger partial charge on any atom is 0.141 e. The first kappa shape index (κ1) is 11.9. The van der Waals surface area contributed by atoms with E-state index in [9.17, 15) is 0 Å². The summed E-state index contributed by atoms with van der Waals surface area (Å²) in [5.41, 5.74) is 0.177. The number of ether oxygens (including phenoxy) is 1. The number of nitrogens with one attached hydrogen (secondary N) is 1. The van der Waals surface area contributed by atoms with Gasteiger partial charge in [0.2, 0.25) is 0 Å². The molecule has 5 nitrogen and oxygen atoms in total. The first-order valence-corrected chi connectivity index (χ1v) is 7.60. The minimum atomic E-state index is 0.177. The molecular formula is C14H22N4O. The Kier molecular flexibility index (Phi) is 2.84. The summed E-state index contributed by atoms with van der Waals surface area (Å²) in [4.78, 5) is 4.43. The molecule has 19 heavy (non-hydrogen) atoms. The Morgan fingerprint density at radius 3 is 3.00 bits per heavy atom. The second kappa shape index (κ2) is 4.56. The number of aromatic nitrogens is 3. The molecule has 1 aromatic rings. The van der Waals surface area contributed by atoms with Gasteiger partial charge in [-0.15, -0.1) is 0 Å². The van der Waals surface area contributed by atoms with Gasteiger partial charge in [0.15, 0.2) is 0 Å². The first-order chi connectivity index (χ1) is 9.35. The van der Waals surface area contributed by atoms with Crippen LogP contribution in [-0.4, -0.2) is 33.0 Å². The highest BCUT2D eigenvalue weighted by Gasteiger charge is 2.43. The van der Waals surface area contributed by atoms with E-state index in [0.29, 0.717) is 6.04 Å². The second-order valence-electron chi connectivity index (χ2n) is 6.31. The van der Waals surface area contributed by atoms with E-state index >= 15 is 0 Å². The number of nitrogens with zero attached hydrogens (tertiary/aromatic N) is 3. The van der Waals surface area contributed by atoms with Crippen LogP contribution in [0.5, 0.6) is 0 Å². The van der Waals surface area contributed by atoms with E-state index < -0.39 is 0 Å². The maximum absolute atomic E-state index is 6.00. The van der Waals surface area contributed by atoms with Gasteiger partial charge in [-0.05, 0) is 44.9 Å². The van der Waals surface area contributed by atoms with Crippen LogP contribution in [0.1, 0.15) is 56.8 Å². The van der Waals surface area contributed by atoms with E-state index in [1.54, 1.807) is 6.33 Å². The number of hydrogen-bond donors (Lipinski definition) is 1. The molecule has 1 N–H and O–H groups in total. The predicted octanol–water partition coefficient (Wildman–Crippen LogP) is 1.80. The average Bonchev–Trinajstić information content (AvgIpc) is 3.11. The molecule has 3 fully saturated rings. The van der Waals surface area contributed by atoms with Gasteiger partial charge in [0.25, 0.3) is 0 Å². The Morgan fingerprint density at radius 1 is 1.37 bits per heavy atom. The van der Waals surface area contributed by atoms with Crippen molar-refractivity contribution >= 4 is 0 Å². The molecule has 0 radical (unpaired) electrons. The molecule has 3 aliphatic rings. The molecule has 1 saturated heterocycles. The fourth-order valence-corrected chi connectivity index (χ4v) is 3.36. The zero-order valence-corrected chi connectivity index (χ0v) is 11.3. The normalized spacial score (nSPS) is 29.4. The fraction of sp³-hybridized carbons (Fsp3) is 0.857. The fourth-order valence-electron chi connectivity index (χ4n) is 3.36. The Balaban J connectivity index is 1.46. The zero-order valence-electron chi connectivity index (χ0n) is 11.3. The molecule has 1 aliphatic heterocycles. The van der Waals surface area contributed by atoms with Gasteiger partial charge in [0.05, 0.1) is 18.2 Å². The predicted molar refractivity (Wildman–Crippen MR) is 70.7 cm³/mol. The van der Waals surface area contributed by atoms with Gasteiger partial charge in [-0.3, -0.25) is 0 Å². The van der Waals surface area contributed by atoms with Crippen LogP contribution >= 0.6 is 0 Å². The molecule has 0 bridgehead atoms. The lowest BCUT2D eigenvalue weighted by atomic mass is 9.74. The van der Waals surface area contributed by atoms with Crippen molar-refractivity contribution in [3.8, 4) is 0 Å². The molecule has 1 aromatic heterocycles. The third kappa shape index (κ3) is 2.30. The minimum Gasteiger partial charge on any atom is -0.375 e. The van der Waals surface area contributed by atoms with Gasteiger partial charge in [-0.25, -0.2) is 9.67 Å². The highest BCUT2D eigenvalue weighted by Crippen LogP contribution is 2.45. The van der Waals surface area contributed by atoms with Crippen LogP contribution in [0.2, 0.25) is 0 Å². The van der Waals surface area contributed by atoms with Gasteiger partial charge >= 0.3 is 0 Å². The smallest absolute Gasteiger partial charge is 0.141 e. The third-order valence-electron chi connectivity index (χ3n) is 4.85. The summed E-state index contributed by atoms with van der Waals surface area (Å²) in [6.07, 6.45) is 10.3. The Bertz CT molecular complexity index is 450. The monoisotopic (exact) mass is 262 g/mol. The van der Waals surface area contributed by atoms with Crippen molar-refractivity contribution in [1.29, 1.82) is 0 Å². The molecule has 2 heterocycles. The zero-order chi connectivity index (χ0) is 12.7. The molecule has 5 heteroatoms. The molecule has 2 aliphatic carbocycles. The lowest BCUT2D eigenvalue weighted by Gasteiger charge is -2.47. The SMILES string of the molecule is c1nc(CNC2CC2)n(C2CCOC3(CCC3)C2)n1.